The Morgan fingerprint density at radius 2 is 1.95 bits per heavy atom. The van der Waals surface area contributed by atoms with Gasteiger partial charge in [-0.15, -0.1) is 0 Å². The van der Waals surface area contributed by atoms with Gasteiger partial charge in [-0.3, -0.25) is 0 Å². The molecule has 0 saturated carbocycles. The summed E-state index contributed by atoms with van der Waals surface area (Å²) in [6.07, 6.45) is 0.359. The normalized spacial score (nSPS) is 12.4. The Morgan fingerprint density at radius 3 is 2.63 bits per heavy atom. The Hall–Kier alpha value is -1.10. The van der Waals surface area contributed by atoms with Crippen molar-refractivity contribution in [2.24, 2.45) is 0 Å². The molecule has 0 unspecified atom stereocenters. The van der Waals surface area contributed by atoms with Crippen molar-refractivity contribution >= 4 is 0 Å². The number of hydrogen-bond acceptors (Lipinski definition) is 4. The van der Waals surface area contributed by atoms with Gasteiger partial charge in [-0.05, 0) is 31.9 Å². The van der Waals surface area contributed by atoms with Gasteiger partial charge in [0.15, 0.2) is 0 Å². The first-order valence-corrected chi connectivity index (χ1v) is 6.63. The van der Waals surface area contributed by atoms with E-state index < -0.39 is 6.10 Å². The smallest absolute Gasteiger partial charge is 0.125 e. The summed E-state index contributed by atoms with van der Waals surface area (Å²) in [5, 5.41) is 9.67. The van der Waals surface area contributed by atoms with E-state index in [2.05, 4.69) is 0 Å². The zero-order chi connectivity index (χ0) is 14.1. The maximum atomic E-state index is 9.67. The van der Waals surface area contributed by atoms with E-state index in [0.717, 1.165) is 23.3 Å². The van der Waals surface area contributed by atoms with E-state index >= 15 is 0 Å². The molecule has 4 heteroatoms. The van der Waals surface area contributed by atoms with Crippen LogP contribution >= 0.6 is 0 Å². The summed E-state index contributed by atoms with van der Waals surface area (Å²) < 4.78 is 16.0. The molecule has 0 bridgehead atoms. The number of rotatable bonds is 9. The number of benzene rings is 1. The lowest BCUT2D eigenvalue weighted by Crippen LogP contribution is -2.10. The molecule has 1 N–H and O–H groups in total. The Morgan fingerprint density at radius 1 is 1.16 bits per heavy atom. The first-order chi connectivity index (χ1) is 9.15. The number of aliphatic hydroxyl groups excluding tert-OH is 1. The molecule has 1 aromatic carbocycles. The lowest BCUT2D eigenvalue weighted by molar-refractivity contribution is 0.0795. The molecule has 108 valence electrons. The third-order valence-electron chi connectivity index (χ3n) is 2.74. The van der Waals surface area contributed by atoms with Gasteiger partial charge in [0, 0.05) is 25.9 Å². The Labute approximate surface area is 115 Å². The summed E-state index contributed by atoms with van der Waals surface area (Å²) in [5.41, 5.74) is 1.92. The lowest BCUT2D eigenvalue weighted by atomic mass is 10.1. The fraction of sp³-hybridized carbons (Fsp3) is 0.600. The summed E-state index contributed by atoms with van der Waals surface area (Å²) in [5.74, 6) is 0.732. The van der Waals surface area contributed by atoms with Crippen LogP contribution in [0.5, 0.6) is 5.75 Å². The average Bonchev–Trinajstić information content (AvgIpc) is 2.37. The van der Waals surface area contributed by atoms with Gasteiger partial charge in [0.2, 0.25) is 0 Å². The summed E-state index contributed by atoms with van der Waals surface area (Å²) in [6.45, 7) is 6.14. The molecule has 0 aliphatic carbocycles. The van der Waals surface area contributed by atoms with Crippen molar-refractivity contribution in [1.82, 2.24) is 0 Å². The topological polar surface area (TPSA) is 47.9 Å². The maximum Gasteiger partial charge on any atom is 0.125 e. The number of aliphatic hydroxyl groups is 1. The largest absolute Gasteiger partial charge is 0.491 e. The highest BCUT2D eigenvalue weighted by atomic mass is 16.5. The molecule has 0 saturated heterocycles. The average molecular weight is 268 g/mol. The zero-order valence-electron chi connectivity index (χ0n) is 12.0. The van der Waals surface area contributed by atoms with Crippen LogP contribution in [0.1, 0.15) is 30.6 Å². The minimum atomic E-state index is -0.529. The monoisotopic (exact) mass is 268 g/mol. The third-order valence-corrected chi connectivity index (χ3v) is 2.74. The fourth-order valence-corrected chi connectivity index (χ4v) is 1.73. The predicted molar refractivity (Wildman–Crippen MR) is 74.6 cm³/mol. The van der Waals surface area contributed by atoms with Crippen molar-refractivity contribution in [1.29, 1.82) is 0 Å². The molecule has 0 spiro atoms. The van der Waals surface area contributed by atoms with E-state index in [1.807, 2.05) is 25.1 Å². The van der Waals surface area contributed by atoms with Gasteiger partial charge in [-0.25, -0.2) is 0 Å². The van der Waals surface area contributed by atoms with Crippen LogP contribution < -0.4 is 4.74 Å². The Balaban J connectivity index is 2.34. The van der Waals surface area contributed by atoms with Crippen molar-refractivity contribution in [3.8, 4) is 5.75 Å². The highest BCUT2D eigenvalue weighted by Gasteiger charge is 2.09. The van der Waals surface area contributed by atoms with Crippen molar-refractivity contribution < 1.29 is 19.3 Å². The van der Waals surface area contributed by atoms with E-state index in [-0.39, 0.29) is 0 Å². The van der Waals surface area contributed by atoms with Crippen molar-refractivity contribution in [2.75, 3.05) is 33.5 Å². The van der Waals surface area contributed by atoms with E-state index in [1.54, 1.807) is 14.0 Å². The molecule has 0 amide bonds. The molecule has 0 aliphatic rings. The standard InChI is InChI=1S/C15H24O4/c1-12-5-6-14(13(2)16)15(11-12)19-10-9-18-8-4-7-17-3/h5-6,11,13,16H,4,7-10H2,1-3H3/t13-/m1/s1. The van der Waals surface area contributed by atoms with Gasteiger partial charge in [0.05, 0.1) is 12.7 Å². The lowest BCUT2D eigenvalue weighted by Gasteiger charge is -2.14. The molecule has 4 nitrogen and oxygen atoms in total. The van der Waals surface area contributed by atoms with Crippen LogP contribution in [0.25, 0.3) is 0 Å². The van der Waals surface area contributed by atoms with Crippen molar-refractivity contribution in [2.45, 2.75) is 26.4 Å². The molecule has 0 aliphatic heterocycles. The SMILES string of the molecule is COCCCOCCOc1cc(C)ccc1[C@@H](C)O. The molecular formula is C15H24O4. The van der Waals surface area contributed by atoms with Crippen molar-refractivity contribution in [3.63, 3.8) is 0 Å². The molecule has 0 fully saturated rings. The first-order valence-electron chi connectivity index (χ1n) is 6.63. The van der Waals surface area contributed by atoms with E-state index in [1.165, 1.54) is 0 Å². The van der Waals surface area contributed by atoms with Crippen LogP contribution in [-0.4, -0.2) is 38.6 Å². The van der Waals surface area contributed by atoms with Gasteiger partial charge in [-0.2, -0.15) is 0 Å². The van der Waals surface area contributed by atoms with E-state index in [9.17, 15) is 5.11 Å². The van der Waals surface area contributed by atoms with Gasteiger partial charge in [-0.1, -0.05) is 12.1 Å². The molecule has 0 aromatic heterocycles. The maximum absolute atomic E-state index is 9.67. The van der Waals surface area contributed by atoms with Crippen LogP contribution in [0.15, 0.2) is 18.2 Å². The summed E-state index contributed by atoms with van der Waals surface area (Å²) in [4.78, 5) is 0. The summed E-state index contributed by atoms with van der Waals surface area (Å²) >= 11 is 0. The van der Waals surface area contributed by atoms with Gasteiger partial charge in [0.1, 0.15) is 12.4 Å². The number of aryl methyl sites for hydroxylation is 1. The summed E-state index contributed by atoms with van der Waals surface area (Å²) in [6, 6.07) is 5.80. The Kier molecular flexibility index (Phi) is 7.48. The molecule has 1 atom stereocenters. The molecule has 1 aromatic rings. The number of methoxy groups -OCH3 is 1. The zero-order valence-corrected chi connectivity index (χ0v) is 12.0. The van der Waals surface area contributed by atoms with E-state index in [0.29, 0.717) is 26.4 Å². The van der Waals surface area contributed by atoms with E-state index in [4.69, 9.17) is 14.2 Å². The molecule has 0 heterocycles. The highest BCUT2D eigenvalue weighted by Crippen LogP contribution is 2.26. The van der Waals surface area contributed by atoms with Crippen LogP contribution in [0.2, 0.25) is 0 Å². The molecule has 19 heavy (non-hydrogen) atoms. The van der Waals surface area contributed by atoms with Gasteiger partial charge in [0.25, 0.3) is 0 Å². The van der Waals surface area contributed by atoms with Crippen molar-refractivity contribution in [3.05, 3.63) is 29.3 Å². The first kappa shape index (κ1) is 16.0. The second-order valence-corrected chi connectivity index (χ2v) is 4.52. The quantitative estimate of drug-likeness (QED) is 0.699. The Bertz CT molecular complexity index is 363. The van der Waals surface area contributed by atoms with Crippen LogP contribution in [0.3, 0.4) is 0 Å². The second kappa shape index (κ2) is 8.91. The molecular weight excluding hydrogens is 244 g/mol. The second-order valence-electron chi connectivity index (χ2n) is 4.52. The fourth-order valence-electron chi connectivity index (χ4n) is 1.73. The van der Waals surface area contributed by atoms with Gasteiger partial charge < -0.3 is 19.3 Å². The molecule has 1 rings (SSSR count). The minimum absolute atomic E-state index is 0.482. The van der Waals surface area contributed by atoms with Crippen LogP contribution in [-0.2, 0) is 9.47 Å². The van der Waals surface area contributed by atoms with Crippen LogP contribution in [0.4, 0.5) is 0 Å². The predicted octanol–water partition coefficient (Wildman–Crippen LogP) is 2.48. The third kappa shape index (κ3) is 6.05. The highest BCUT2D eigenvalue weighted by molar-refractivity contribution is 5.38. The molecule has 0 radical (unpaired) electrons. The summed E-state index contributed by atoms with van der Waals surface area (Å²) in [7, 11) is 1.68. The minimum Gasteiger partial charge on any atom is -0.491 e. The van der Waals surface area contributed by atoms with Crippen LogP contribution in [0, 0.1) is 6.92 Å². The van der Waals surface area contributed by atoms with Gasteiger partial charge >= 0.3 is 0 Å². The number of ether oxygens (including phenoxy) is 3. The number of hydrogen-bond donors (Lipinski definition) is 1.